The average Bonchev–Trinajstić information content (AvgIpc) is 2.70. The molecule has 3 rings (SSSR count). The van der Waals surface area contributed by atoms with Gasteiger partial charge in [-0.3, -0.25) is 0 Å². The Morgan fingerprint density at radius 3 is 2.17 bits per heavy atom. The first-order valence-corrected chi connectivity index (χ1v) is 8.99. The number of nitrogens with zero attached hydrogens (tertiary/aromatic N) is 1. The third-order valence-corrected chi connectivity index (χ3v) is 5.21. The number of rotatable bonds is 1. The van der Waals surface area contributed by atoms with E-state index in [1.807, 2.05) is 0 Å². The third kappa shape index (κ3) is 3.34. The summed E-state index contributed by atoms with van der Waals surface area (Å²) >= 11 is 0. The van der Waals surface area contributed by atoms with Gasteiger partial charge < -0.3 is 0 Å². The zero-order chi connectivity index (χ0) is 16.6. The summed E-state index contributed by atoms with van der Waals surface area (Å²) in [6.07, 6.45) is 8.85. The van der Waals surface area contributed by atoms with Gasteiger partial charge in [0.25, 0.3) is 0 Å². The van der Waals surface area contributed by atoms with E-state index in [0.717, 1.165) is 0 Å². The molecular formula is C22H30N+. The van der Waals surface area contributed by atoms with Crippen LogP contribution in [0.2, 0.25) is 0 Å². The summed E-state index contributed by atoms with van der Waals surface area (Å²) in [5, 5.41) is 0. The van der Waals surface area contributed by atoms with Gasteiger partial charge in [0.1, 0.15) is 7.05 Å². The number of benzene rings is 1. The molecule has 0 aliphatic heterocycles. The molecule has 122 valence electrons. The lowest BCUT2D eigenvalue weighted by atomic mass is 9.87. The van der Waals surface area contributed by atoms with Crippen LogP contribution >= 0.6 is 0 Å². The molecule has 1 aliphatic rings. The molecule has 1 aromatic heterocycles. The summed E-state index contributed by atoms with van der Waals surface area (Å²) in [4.78, 5) is 0. The maximum atomic E-state index is 2.46. The Morgan fingerprint density at radius 1 is 0.913 bits per heavy atom. The summed E-state index contributed by atoms with van der Waals surface area (Å²) in [7, 11) is 2.18. The Kier molecular flexibility index (Phi) is 4.31. The molecule has 2 aromatic rings. The van der Waals surface area contributed by atoms with E-state index in [2.05, 4.69) is 69.8 Å². The van der Waals surface area contributed by atoms with Crippen molar-refractivity contribution in [3.63, 3.8) is 0 Å². The van der Waals surface area contributed by atoms with Crippen LogP contribution in [0.4, 0.5) is 0 Å². The molecule has 0 bridgehead atoms. The molecular weight excluding hydrogens is 278 g/mol. The molecule has 0 amide bonds. The van der Waals surface area contributed by atoms with Gasteiger partial charge in [0.05, 0.1) is 0 Å². The Hall–Kier alpha value is -1.63. The molecule has 0 atom stereocenters. The van der Waals surface area contributed by atoms with Crippen molar-refractivity contribution in [1.82, 2.24) is 0 Å². The van der Waals surface area contributed by atoms with Gasteiger partial charge in [-0.1, -0.05) is 33.3 Å². The van der Waals surface area contributed by atoms with Gasteiger partial charge in [-0.2, -0.15) is 0 Å². The first-order chi connectivity index (χ1) is 10.9. The van der Waals surface area contributed by atoms with Gasteiger partial charge in [-0.25, -0.2) is 4.57 Å². The Morgan fingerprint density at radius 2 is 1.57 bits per heavy atom. The standard InChI is InChI=1S/C22H30N/c1-16-13-17-9-7-6-8-10-18(17)14-20(16)21-12-11-19(15-23(21)5)22(2,3)4/h11-15H,6-10H2,1-5H3/q+1. The maximum absolute atomic E-state index is 2.46. The number of aromatic nitrogens is 1. The normalized spacial score (nSPS) is 15.2. The van der Waals surface area contributed by atoms with Crippen LogP contribution in [0.1, 0.15) is 62.3 Å². The zero-order valence-electron chi connectivity index (χ0n) is 15.4. The molecule has 0 saturated heterocycles. The second-order valence-corrected chi connectivity index (χ2v) is 8.16. The summed E-state index contributed by atoms with van der Waals surface area (Å²) in [6, 6.07) is 9.49. The lowest BCUT2D eigenvalue weighted by Gasteiger charge is -2.18. The van der Waals surface area contributed by atoms with E-state index in [1.54, 1.807) is 11.1 Å². The quantitative estimate of drug-likeness (QED) is 0.512. The average molecular weight is 308 g/mol. The van der Waals surface area contributed by atoms with E-state index in [0.29, 0.717) is 0 Å². The highest BCUT2D eigenvalue weighted by atomic mass is 14.9. The van der Waals surface area contributed by atoms with Crippen LogP contribution in [0.15, 0.2) is 30.5 Å². The fourth-order valence-electron chi connectivity index (χ4n) is 3.69. The van der Waals surface area contributed by atoms with E-state index < -0.39 is 0 Å². The summed E-state index contributed by atoms with van der Waals surface area (Å²) in [5.41, 5.74) is 8.86. The van der Waals surface area contributed by atoms with Gasteiger partial charge in [0.15, 0.2) is 6.20 Å². The minimum atomic E-state index is 0.194. The molecule has 1 aliphatic carbocycles. The third-order valence-electron chi connectivity index (χ3n) is 5.21. The predicted molar refractivity (Wildman–Crippen MR) is 97.8 cm³/mol. The van der Waals surface area contributed by atoms with E-state index in [1.165, 1.54) is 54.5 Å². The van der Waals surface area contributed by atoms with Crippen molar-refractivity contribution in [2.45, 2.75) is 65.2 Å². The fourth-order valence-corrected chi connectivity index (χ4v) is 3.69. The van der Waals surface area contributed by atoms with Gasteiger partial charge in [0.2, 0.25) is 5.69 Å². The molecule has 1 aromatic carbocycles. The van der Waals surface area contributed by atoms with Crippen LogP contribution in [0.5, 0.6) is 0 Å². The van der Waals surface area contributed by atoms with E-state index in [4.69, 9.17) is 0 Å². The highest BCUT2D eigenvalue weighted by Gasteiger charge is 2.21. The summed E-state index contributed by atoms with van der Waals surface area (Å²) < 4.78 is 2.30. The first kappa shape index (κ1) is 16.2. The predicted octanol–water partition coefficient (Wildman–Crippen LogP) is 5.05. The maximum Gasteiger partial charge on any atom is 0.212 e. The number of aryl methyl sites for hydroxylation is 4. The van der Waals surface area contributed by atoms with E-state index in [9.17, 15) is 0 Å². The summed E-state index contributed by atoms with van der Waals surface area (Å²) in [5.74, 6) is 0. The number of pyridine rings is 1. The Balaban J connectivity index is 2.07. The number of fused-ring (bicyclic) bond motifs is 1. The molecule has 0 unspecified atom stereocenters. The largest absolute Gasteiger partial charge is 0.212 e. The fraction of sp³-hybridized carbons (Fsp3) is 0.500. The van der Waals surface area contributed by atoms with Crippen molar-refractivity contribution >= 4 is 0 Å². The van der Waals surface area contributed by atoms with Crippen LogP contribution < -0.4 is 4.57 Å². The first-order valence-electron chi connectivity index (χ1n) is 8.99. The van der Waals surface area contributed by atoms with Gasteiger partial charge >= 0.3 is 0 Å². The Bertz CT molecular complexity index is 719. The smallest absolute Gasteiger partial charge is 0.201 e. The molecule has 0 saturated carbocycles. The molecule has 0 spiro atoms. The number of hydrogen-bond donors (Lipinski definition) is 0. The lowest BCUT2D eigenvalue weighted by Crippen LogP contribution is -2.33. The van der Waals surface area contributed by atoms with Crippen molar-refractivity contribution in [2.24, 2.45) is 7.05 Å². The van der Waals surface area contributed by atoms with Crippen molar-refractivity contribution in [1.29, 1.82) is 0 Å². The minimum absolute atomic E-state index is 0.194. The molecule has 0 radical (unpaired) electrons. The summed E-state index contributed by atoms with van der Waals surface area (Å²) in [6.45, 7) is 9.08. The highest BCUT2D eigenvalue weighted by Crippen LogP contribution is 2.30. The van der Waals surface area contributed by atoms with Crippen molar-refractivity contribution < 1.29 is 4.57 Å². The molecule has 1 heteroatoms. The minimum Gasteiger partial charge on any atom is -0.201 e. The van der Waals surface area contributed by atoms with Crippen LogP contribution in [0, 0.1) is 6.92 Å². The van der Waals surface area contributed by atoms with E-state index >= 15 is 0 Å². The Labute approximate surface area is 141 Å². The molecule has 23 heavy (non-hydrogen) atoms. The second-order valence-electron chi connectivity index (χ2n) is 8.16. The molecule has 1 heterocycles. The topological polar surface area (TPSA) is 3.88 Å². The van der Waals surface area contributed by atoms with Gasteiger partial charge in [0, 0.05) is 17.2 Å². The van der Waals surface area contributed by atoms with Crippen molar-refractivity contribution in [3.8, 4) is 11.3 Å². The zero-order valence-corrected chi connectivity index (χ0v) is 15.4. The van der Waals surface area contributed by atoms with Crippen LogP contribution in [0.25, 0.3) is 11.3 Å². The lowest BCUT2D eigenvalue weighted by molar-refractivity contribution is -0.661. The monoisotopic (exact) mass is 308 g/mol. The number of hydrogen-bond acceptors (Lipinski definition) is 0. The van der Waals surface area contributed by atoms with Crippen LogP contribution in [-0.2, 0) is 25.3 Å². The highest BCUT2D eigenvalue weighted by molar-refractivity contribution is 5.63. The SMILES string of the molecule is Cc1cc2c(cc1-c1ccc(C(C)(C)C)c[n+]1C)CCCCC2. The molecule has 1 nitrogen and oxygen atoms in total. The van der Waals surface area contributed by atoms with Crippen molar-refractivity contribution in [3.05, 3.63) is 52.7 Å². The molecule has 0 N–H and O–H groups in total. The van der Waals surface area contributed by atoms with Gasteiger partial charge in [-0.15, -0.1) is 0 Å². The van der Waals surface area contributed by atoms with Gasteiger partial charge in [-0.05, 0) is 66.8 Å². The van der Waals surface area contributed by atoms with Crippen LogP contribution in [0.3, 0.4) is 0 Å². The second kappa shape index (κ2) is 6.11. The van der Waals surface area contributed by atoms with Crippen LogP contribution in [-0.4, -0.2) is 0 Å². The molecule has 0 fully saturated rings. The van der Waals surface area contributed by atoms with Crippen molar-refractivity contribution in [2.75, 3.05) is 0 Å². The van der Waals surface area contributed by atoms with E-state index in [-0.39, 0.29) is 5.41 Å².